The summed E-state index contributed by atoms with van der Waals surface area (Å²) in [6.45, 7) is 9.56. The van der Waals surface area contributed by atoms with Crippen LogP contribution in [0.1, 0.15) is 40.0 Å². The first-order chi connectivity index (χ1) is 6.46. The van der Waals surface area contributed by atoms with Gasteiger partial charge in [0, 0.05) is 6.54 Å². The third-order valence-corrected chi connectivity index (χ3v) is 3.51. The molecule has 1 unspecified atom stereocenters. The highest BCUT2D eigenvalue weighted by atomic mass is 15.3. The molecule has 1 saturated heterocycles. The monoisotopic (exact) mass is 198 g/mol. The van der Waals surface area contributed by atoms with E-state index in [1.807, 2.05) is 0 Å². The van der Waals surface area contributed by atoms with E-state index in [4.69, 9.17) is 0 Å². The zero-order valence-corrected chi connectivity index (χ0v) is 10.5. The molecule has 0 aliphatic carbocycles. The van der Waals surface area contributed by atoms with Gasteiger partial charge in [0.1, 0.15) is 0 Å². The zero-order valence-electron chi connectivity index (χ0n) is 10.5. The van der Waals surface area contributed by atoms with Crippen molar-refractivity contribution < 1.29 is 0 Å². The minimum absolute atomic E-state index is 0.471. The van der Waals surface area contributed by atoms with Crippen molar-refractivity contribution in [3.8, 4) is 0 Å². The van der Waals surface area contributed by atoms with Crippen LogP contribution in [-0.4, -0.2) is 43.2 Å². The predicted molar refractivity (Wildman–Crippen MR) is 62.4 cm³/mol. The third kappa shape index (κ3) is 2.96. The molecule has 0 radical (unpaired) electrons. The van der Waals surface area contributed by atoms with Crippen molar-refractivity contribution in [2.75, 3.05) is 27.2 Å². The van der Waals surface area contributed by atoms with E-state index in [9.17, 15) is 0 Å². The van der Waals surface area contributed by atoms with Crippen molar-refractivity contribution in [3.63, 3.8) is 0 Å². The number of hydrogen-bond acceptors (Lipinski definition) is 2. The SMILES string of the molecule is CCC(C)(C)CN1CCCC1N(C)C. The van der Waals surface area contributed by atoms with Gasteiger partial charge in [-0.2, -0.15) is 0 Å². The van der Waals surface area contributed by atoms with E-state index in [0.717, 1.165) is 0 Å². The van der Waals surface area contributed by atoms with Gasteiger partial charge in [-0.1, -0.05) is 20.8 Å². The molecule has 1 fully saturated rings. The van der Waals surface area contributed by atoms with Crippen LogP contribution in [0.25, 0.3) is 0 Å². The Hall–Kier alpha value is -0.0800. The summed E-state index contributed by atoms with van der Waals surface area (Å²) in [6.07, 6.45) is 4.65. The largest absolute Gasteiger partial charge is 0.294 e. The first kappa shape index (κ1) is 12.0. The standard InChI is InChI=1S/C12H26N2/c1-6-12(2,3)10-14-9-7-8-11(14)13(4)5/h11H,6-10H2,1-5H3. The van der Waals surface area contributed by atoms with Crippen LogP contribution in [0, 0.1) is 5.41 Å². The van der Waals surface area contributed by atoms with Crippen molar-refractivity contribution in [2.45, 2.75) is 46.2 Å². The summed E-state index contributed by atoms with van der Waals surface area (Å²) >= 11 is 0. The highest BCUT2D eigenvalue weighted by Gasteiger charge is 2.30. The molecule has 1 aliphatic rings. The second-order valence-electron chi connectivity index (χ2n) is 5.57. The molecule has 1 atom stereocenters. The molecule has 2 heteroatoms. The summed E-state index contributed by atoms with van der Waals surface area (Å²) in [5.41, 5.74) is 0.471. The van der Waals surface area contributed by atoms with Crippen molar-refractivity contribution >= 4 is 0 Å². The fourth-order valence-corrected chi connectivity index (χ4v) is 2.24. The Morgan fingerprint density at radius 2 is 2.00 bits per heavy atom. The van der Waals surface area contributed by atoms with Crippen molar-refractivity contribution in [1.29, 1.82) is 0 Å². The molecule has 0 saturated carbocycles. The molecule has 0 aromatic heterocycles. The van der Waals surface area contributed by atoms with Crippen LogP contribution >= 0.6 is 0 Å². The number of nitrogens with zero attached hydrogens (tertiary/aromatic N) is 2. The lowest BCUT2D eigenvalue weighted by atomic mass is 9.89. The maximum Gasteiger partial charge on any atom is 0.0618 e. The summed E-state index contributed by atoms with van der Waals surface area (Å²) in [5, 5.41) is 0. The summed E-state index contributed by atoms with van der Waals surface area (Å²) < 4.78 is 0. The average molecular weight is 198 g/mol. The van der Waals surface area contributed by atoms with Crippen LogP contribution < -0.4 is 0 Å². The second kappa shape index (κ2) is 4.63. The lowest BCUT2D eigenvalue weighted by molar-refractivity contribution is 0.0799. The minimum atomic E-state index is 0.471. The molecule has 0 spiro atoms. The Morgan fingerprint density at radius 1 is 1.36 bits per heavy atom. The number of hydrogen-bond donors (Lipinski definition) is 0. The van der Waals surface area contributed by atoms with Gasteiger partial charge in [0.05, 0.1) is 6.17 Å². The molecule has 1 aliphatic heterocycles. The van der Waals surface area contributed by atoms with Gasteiger partial charge in [-0.3, -0.25) is 9.80 Å². The van der Waals surface area contributed by atoms with Gasteiger partial charge < -0.3 is 0 Å². The summed E-state index contributed by atoms with van der Waals surface area (Å²) in [6, 6.07) is 0. The first-order valence-corrected chi connectivity index (χ1v) is 5.87. The van der Waals surface area contributed by atoms with E-state index in [1.165, 1.54) is 32.4 Å². The van der Waals surface area contributed by atoms with Crippen LogP contribution in [0.3, 0.4) is 0 Å². The molecule has 1 rings (SSSR count). The van der Waals surface area contributed by atoms with Crippen LogP contribution in [0.4, 0.5) is 0 Å². The molecule has 0 bridgehead atoms. The lowest BCUT2D eigenvalue weighted by Gasteiger charge is -2.35. The fourth-order valence-electron chi connectivity index (χ4n) is 2.24. The number of rotatable bonds is 4. The van der Waals surface area contributed by atoms with Crippen LogP contribution in [0.5, 0.6) is 0 Å². The molecule has 14 heavy (non-hydrogen) atoms. The summed E-state index contributed by atoms with van der Waals surface area (Å²) in [5.74, 6) is 0. The van der Waals surface area contributed by atoms with Gasteiger partial charge in [-0.25, -0.2) is 0 Å². The minimum Gasteiger partial charge on any atom is -0.294 e. The van der Waals surface area contributed by atoms with Gasteiger partial charge >= 0.3 is 0 Å². The third-order valence-electron chi connectivity index (χ3n) is 3.51. The Labute approximate surface area is 89.3 Å². The molecule has 0 aromatic rings. The van der Waals surface area contributed by atoms with Gasteiger partial charge in [-0.05, 0) is 45.3 Å². The Balaban J connectivity index is 2.51. The maximum absolute atomic E-state index is 2.64. The Kier molecular flexibility index (Phi) is 3.96. The predicted octanol–water partition coefficient (Wildman–Crippen LogP) is 2.41. The number of likely N-dealkylation sites (tertiary alicyclic amines) is 1. The average Bonchev–Trinajstić information content (AvgIpc) is 2.51. The van der Waals surface area contributed by atoms with Gasteiger partial charge in [0.15, 0.2) is 0 Å². The molecular weight excluding hydrogens is 172 g/mol. The van der Waals surface area contributed by atoms with Crippen molar-refractivity contribution in [1.82, 2.24) is 9.80 Å². The van der Waals surface area contributed by atoms with Gasteiger partial charge in [0.25, 0.3) is 0 Å². The molecule has 0 N–H and O–H groups in total. The Bertz CT molecular complexity index is 175. The molecule has 0 amide bonds. The van der Waals surface area contributed by atoms with Crippen molar-refractivity contribution in [2.24, 2.45) is 5.41 Å². The topological polar surface area (TPSA) is 6.48 Å². The van der Waals surface area contributed by atoms with Gasteiger partial charge in [-0.15, -0.1) is 0 Å². The quantitative estimate of drug-likeness (QED) is 0.684. The highest BCUT2D eigenvalue weighted by Crippen LogP contribution is 2.27. The van der Waals surface area contributed by atoms with E-state index in [-0.39, 0.29) is 0 Å². The van der Waals surface area contributed by atoms with E-state index in [1.54, 1.807) is 0 Å². The van der Waals surface area contributed by atoms with Crippen LogP contribution in [0.2, 0.25) is 0 Å². The normalized spacial score (nSPS) is 24.9. The van der Waals surface area contributed by atoms with E-state index in [2.05, 4.69) is 44.7 Å². The zero-order chi connectivity index (χ0) is 10.8. The van der Waals surface area contributed by atoms with E-state index < -0.39 is 0 Å². The summed E-state index contributed by atoms with van der Waals surface area (Å²) in [7, 11) is 4.39. The van der Waals surface area contributed by atoms with Crippen molar-refractivity contribution in [3.05, 3.63) is 0 Å². The van der Waals surface area contributed by atoms with Crippen LogP contribution in [-0.2, 0) is 0 Å². The lowest BCUT2D eigenvalue weighted by Crippen LogP contribution is -2.44. The smallest absolute Gasteiger partial charge is 0.0618 e. The molecule has 0 aromatic carbocycles. The summed E-state index contributed by atoms with van der Waals surface area (Å²) in [4.78, 5) is 5.00. The van der Waals surface area contributed by atoms with Gasteiger partial charge in [0.2, 0.25) is 0 Å². The van der Waals surface area contributed by atoms with E-state index >= 15 is 0 Å². The molecule has 2 nitrogen and oxygen atoms in total. The maximum atomic E-state index is 2.64. The fraction of sp³-hybridized carbons (Fsp3) is 1.00. The molecular formula is C12H26N2. The molecule has 84 valence electrons. The molecule has 1 heterocycles. The second-order valence-corrected chi connectivity index (χ2v) is 5.57. The Morgan fingerprint density at radius 3 is 2.50 bits per heavy atom. The highest BCUT2D eigenvalue weighted by molar-refractivity contribution is 4.81. The first-order valence-electron chi connectivity index (χ1n) is 5.87. The van der Waals surface area contributed by atoms with Crippen LogP contribution in [0.15, 0.2) is 0 Å². The van der Waals surface area contributed by atoms with E-state index in [0.29, 0.717) is 11.6 Å².